The number of carboxylic acids is 1. The fourth-order valence-electron chi connectivity index (χ4n) is 1.12. The highest BCUT2D eigenvalue weighted by Gasteiger charge is 2.04. The normalized spacial score (nSPS) is 10.4. The van der Waals surface area contributed by atoms with Gasteiger partial charge in [-0.2, -0.15) is 4.98 Å². The molecule has 0 aromatic carbocycles. The summed E-state index contributed by atoms with van der Waals surface area (Å²) in [5.74, 6) is 0.677. The van der Waals surface area contributed by atoms with Crippen LogP contribution in [-0.2, 0) is 4.79 Å². The van der Waals surface area contributed by atoms with Crippen molar-refractivity contribution in [3.63, 3.8) is 0 Å². The van der Waals surface area contributed by atoms with E-state index in [1.165, 1.54) is 0 Å². The van der Waals surface area contributed by atoms with E-state index >= 15 is 0 Å². The van der Waals surface area contributed by atoms with Crippen LogP contribution in [0.3, 0.4) is 0 Å². The number of hydrogen-bond acceptors (Lipinski definition) is 4. The van der Waals surface area contributed by atoms with Crippen LogP contribution in [0.25, 0.3) is 0 Å². The molecule has 0 radical (unpaired) electrons. The minimum atomic E-state index is -0.811. The van der Waals surface area contributed by atoms with Gasteiger partial charge >= 0.3 is 5.97 Å². The first kappa shape index (κ1) is 12.4. The van der Waals surface area contributed by atoms with Gasteiger partial charge in [0.1, 0.15) is 5.82 Å². The molecular formula is C11H16N2O3. The Morgan fingerprint density at radius 1 is 1.56 bits per heavy atom. The lowest BCUT2D eigenvalue weighted by Gasteiger charge is -2.07. The van der Waals surface area contributed by atoms with Crippen molar-refractivity contribution in [3.8, 4) is 5.88 Å². The van der Waals surface area contributed by atoms with Gasteiger partial charge in [0, 0.05) is 24.6 Å². The zero-order valence-electron chi connectivity index (χ0n) is 9.51. The lowest BCUT2D eigenvalue weighted by Crippen LogP contribution is -2.05. The first-order valence-corrected chi connectivity index (χ1v) is 5.27. The summed E-state index contributed by atoms with van der Waals surface area (Å²) in [7, 11) is 0. The quantitative estimate of drug-likeness (QED) is 0.746. The summed E-state index contributed by atoms with van der Waals surface area (Å²) < 4.78 is 5.33. The van der Waals surface area contributed by atoms with E-state index in [9.17, 15) is 4.79 Å². The van der Waals surface area contributed by atoms with E-state index in [0.717, 1.165) is 5.82 Å². The van der Waals surface area contributed by atoms with Gasteiger partial charge in [-0.05, 0) is 6.42 Å². The van der Waals surface area contributed by atoms with Crippen molar-refractivity contribution in [2.45, 2.75) is 32.6 Å². The van der Waals surface area contributed by atoms with Crippen LogP contribution < -0.4 is 4.74 Å². The van der Waals surface area contributed by atoms with Crippen LogP contribution in [0.1, 0.15) is 38.4 Å². The molecule has 0 spiro atoms. The van der Waals surface area contributed by atoms with E-state index in [1.54, 1.807) is 12.3 Å². The molecule has 16 heavy (non-hydrogen) atoms. The van der Waals surface area contributed by atoms with Gasteiger partial charge in [0.05, 0.1) is 6.61 Å². The molecular weight excluding hydrogens is 208 g/mol. The Balaban J connectivity index is 2.42. The molecule has 5 nitrogen and oxygen atoms in total. The Morgan fingerprint density at radius 2 is 2.31 bits per heavy atom. The van der Waals surface area contributed by atoms with Gasteiger partial charge < -0.3 is 9.84 Å². The van der Waals surface area contributed by atoms with Crippen LogP contribution in [0.4, 0.5) is 0 Å². The van der Waals surface area contributed by atoms with E-state index in [-0.39, 0.29) is 12.3 Å². The second-order valence-corrected chi connectivity index (χ2v) is 3.75. The minimum Gasteiger partial charge on any atom is -0.481 e. The monoisotopic (exact) mass is 224 g/mol. The van der Waals surface area contributed by atoms with Crippen molar-refractivity contribution in [2.75, 3.05) is 6.61 Å². The van der Waals surface area contributed by atoms with Crippen LogP contribution in [0, 0.1) is 0 Å². The predicted octanol–water partition coefficient (Wildman–Crippen LogP) is 1.84. The molecule has 0 atom stereocenters. The third-order valence-corrected chi connectivity index (χ3v) is 1.95. The summed E-state index contributed by atoms with van der Waals surface area (Å²) in [5.41, 5.74) is 0. The van der Waals surface area contributed by atoms with Crippen molar-refractivity contribution in [1.29, 1.82) is 0 Å². The van der Waals surface area contributed by atoms with Gasteiger partial charge in [0.2, 0.25) is 5.88 Å². The average molecular weight is 224 g/mol. The molecule has 1 N–H and O–H groups in total. The van der Waals surface area contributed by atoms with Gasteiger partial charge in [-0.3, -0.25) is 4.79 Å². The maximum Gasteiger partial charge on any atom is 0.303 e. The lowest BCUT2D eigenvalue weighted by atomic mass is 10.2. The summed E-state index contributed by atoms with van der Waals surface area (Å²) in [6.07, 6.45) is 2.24. The molecule has 1 aromatic heterocycles. The zero-order valence-corrected chi connectivity index (χ0v) is 9.51. The number of carboxylic acid groups (broad SMARTS) is 1. The molecule has 0 bridgehead atoms. The number of rotatable bonds is 6. The number of hydrogen-bond donors (Lipinski definition) is 1. The molecule has 0 saturated carbocycles. The van der Waals surface area contributed by atoms with E-state index in [2.05, 4.69) is 9.97 Å². The van der Waals surface area contributed by atoms with Crippen molar-refractivity contribution in [2.24, 2.45) is 0 Å². The third kappa shape index (κ3) is 4.25. The molecule has 0 fully saturated rings. The molecule has 1 heterocycles. The maximum absolute atomic E-state index is 10.3. The number of nitrogens with zero attached hydrogens (tertiary/aromatic N) is 2. The van der Waals surface area contributed by atoms with Crippen molar-refractivity contribution < 1.29 is 14.6 Å². The van der Waals surface area contributed by atoms with E-state index in [4.69, 9.17) is 9.84 Å². The predicted molar refractivity (Wildman–Crippen MR) is 58.5 cm³/mol. The van der Waals surface area contributed by atoms with Crippen LogP contribution in [0.2, 0.25) is 0 Å². The zero-order chi connectivity index (χ0) is 12.0. The van der Waals surface area contributed by atoms with Gasteiger partial charge in [0.15, 0.2) is 0 Å². The van der Waals surface area contributed by atoms with Crippen molar-refractivity contribution in [1.82, 2.24) is 9.97 Å². The summed E-state index contributed by atoms with van der Waals surface area (Å²) >= 11 is 0. The van der Waals surface area contributed by atoms with E-state index < -0.39 is 5.97 Å². The Kier molecular flexibility index (Phi) is 4.69. The van der Waals surface area contributed by atoms with Gasteiger partial charge in [-0.25, -0.2) is 4.98 Å². The Morgan fingerprint density at radius 3 is 2.94 bits per heavy atom. The fourth-order valence-corrected chi connectivity index (χ4v) is 1.12. The summed E-state index contributed by atoms with van der Waals surface area (Å²) in [6, 6.07) is 1.67. The molecule has 0 unspecified atom stereocenters. The molecule has 0 aliphatic carbocycles. The Bertz CT molecular complexity index is 353. The van der Waals surface area contributed by atoms with Crippen LogP contribution >= 0.6 is 0 Å². The van der Waals surface area contributed by atoms with Crippen LogP contribution in [0.5, 0.6) is 5.88 Å². The first-order valence-electron chi connectivity index (χ1n) is 5.27. The molecule has 0 amide bonds. The molecule has 0 aliphatic rings. The third-order valence-electron chi connectivity index (χ3n) is 1.95. The molecule has 0 saturated heterocycles. The van der Waals surface area contributed by atoms with Gasteiger partial charge in [-0.15, -0.1) is 0 Å². The number of aromatic nitrogens is 2. The fraction of sp³-hybridized carbons (Fsp3) is 0.545. The SMILES string of the molecule is CC(C)c1nccc(OCCCC(=O)O)n1. The Hall–Kier alpha value is -1.65. The number of aliphatic carboxylic acids is 1. The van der Waals surface area contributed by atoms with E-state index in [1.807, 2.05) is 13.8 Å². The van der Waals surface area contributed by atoms with Gasteiger partial charge in [-0.1, -0.05) is 13.8 Å². The molecule has 88 valence electrons. The largest absolute Gasteiger partial charge is 0.481 e. The summed E-state index contributed by atoms with van der Waals surface area (Å²) in [4.78, 5) is 18.6. The molecule has 0 aliphatic heterocycles. The van der Waals surface area contributed by atoms with Crippen molar-refractivity contribution >= 4 is 5.97 Å². The highest BCUT2D eigenvalue weighted by molar-refractivity contribution is 5.66. The van der Waals surface area contributed by atoms with Crippen LogP contribution in [-0.4, -0.2) is 27.7 Å². The highest BCUT2D eigenvalue weighted by Crippen LogP contribution is 2.12. The highest BCUT2D eigenvalue weighted by atomic mass is 16.5. The first-order chi connectivity index (χ1) is 7.59. The van der Waals surface area contributed by atoms with Crippen LogP contribution in [0.15, 0.2) is 12.3 Å². The maximum atomic E-state index is 10.3. The molecule has 5 heteroatoms. The number of ether oxygens (including phenoxy) is 1. The average Bonchev–Trinajstić information content (AvgIpc) is 2.24. The number of carbonyl (C=O) groups is 1. The standard InChI is InChI=1S/C11H16N2O3/c1-8(2)11-12-6-5-9(13-11)16-7-3-4-10(14)15/h5-6,8H,3-4,7H2,1-2H3,(H,14,15). The molecule has 1 aromatic rings. The second-order valence-electron chi connectivity index (χ2n) is 3.75. The minimum absolute atomic E-state index is 0.113. The smallest absolute Gasteiger partial charge is 0.303 e. The summed E-state index contributed by atoms with van der Waals surface area (Å²) in [5, 5.41) is 8.45. The van der Waals surface area contributed by atoms with Crippen molar-refractivity contribution in [3.05, 3.63) is 18.1 Å². The van der Waals surface area contributed by atoms with E-state index in [0.29, 0.717) is 18.9 Å². The summed E-state index contributed by atoms with van der Waals surface area (Å²) in [6.45, 7) is 4.37. The second kappa shape index (κ2) is 6.05. The topological polar surface area (TPSA) is 72.3 Å². The lowest BCUT2D eigenvalue weighted by molar-refractivity contribution is -0.137. The Labute approximate surface area is 94.5 Å². The van der Waals surface area contributed by atoms with Gasteiger partial charge in [0.25, 0.3) is 0 Å². The molecule has 1 rings (SSSR count).